The maximum atomic E-state index is 5.63. The third-order valence-corrected chi connectivity index (χ3v) is 3.91. The summed E-state index contributed by atoms with van der Waals surface area (Å²) in [6.07, 6.45) is 10.0. The van der Waals surface area contributed by atoms with Crippen LogP contribution in [-0.4, -0.2) is 19.5 Å². The largest absolute Gasteiger partial charge is 0.353 e. The fourth-order valence-electron chi connectivity index (χ4n) is 3.00. The zero-order valence-electron chi connectivity index (χ0n) is 9.42. The molecule has 0 amide bonds. The first-order chi connectivity index (χ1) is 6.82. The predicted octanol–water partition coefficient (Wildman–Crippen LogP) is 3.11. The minimum absolute atomic E-state index is 0.116. The molecule has 2 rings (SSSR count). The van der Waals surface area contributed by atoms with Gasteiger partial charge >= 0.3 is 0 Å². The summed E-state index contributed by atoms with van der Waals surface area (Å²) in [6, 6.07) is 0. The van der Waals surface area contributed by atoms with Crippen molar-refractivity contribution < 1.29 is 9.47 Å². The molecule has 0 spiro atoms. The molecule has 1 saturated carbocycles. The molecule has 2 heteroatoms. The Morgan fingerprint density at radius 3 is 2.57 bits per heavy atom. The first kappa shape index (κ1) is 10.4. The minimum Gasteiger partial charge on any atom is -0.353 e. The van der Waals surface area contributed by atoms with Gasteiger partial charge in [-0.2, -0.15) is 0 Å². The van der Waals surface area contributed by atoms with Crippen molar-refractivity contribution in [2.45, 2.75) is 64.3 Å². The highest BCUT2D eigenvalue weighted by Gasteiger charge is 2.55. The van der Waals surface area contributed by atoms with E-state index in [0.717, 1.165) is 0 Å². The Balaban J connectivity index is 1.93. The lowest BCUT2D eigenvalue weighted by Gasteiger charge is -2.26. The second-order valence-corrected chi connectivity index (χ2v) is 4.83. The molecule has 2 aliphatic rings. The Morgan fingerprint density at radius 2 is 2.07 bits per heavy atom. The van der Waals surface area contributed by atoms with Gasteiger partial charge in [0.2, 0.25) is 0 Å². The van der Waals surface area contributed by atoms with E-state index >= 15 is 0 Å². The molecular formula is C12H22O2. The Hall–Kier alpha value is -0.0800. The highest BCUT2D eigenvalue weighted by atomic mass is 16.8. The standard InChI is InChI=1S/C12H22O2/c1-3-4-7-12(8-5-6-9-12)10-11(13-2)14-10/h10-11H,3-9H2,1-2H3. The van der Waals surface area contributed by atoms with Gasteiger partial charge in [0.25, 0.3) is 0 Å². The van der Waals surface area contributed by atoms with Crippen molar-refractivity contribution in [2.24, 2.45) is 5.41 Å². The summed E-state index contributed by atoms with van der Waals surface area (Å²) in [6.45, 7) is 2.27. The Bertz CT molecular complexity index is 185. The van der Waals surface area contributed by atoms with Crippen LogP contribution in [0.1, 0.15) is 51.9 Å². The van der Waals surface area contributed by atoms with Gasteiger partial charge in [-0.05, 0) is 19.3 Å². The zero-order valence-corrected chi connectivity index (χ0v) is 9.42. The third kappa shape index (κ3) is 1.82. The first-order valence-electron chi connectivity index (χ1n) is 6.01. The summed E-state index contributed by atoms with van der Waals surface area (Å²) in [5, 5.41) is 0. The molecule has 82 valence electrons. The van der Waals surface area contributed by atoms with E-state index in [1.54, 1.807) is 7.11 Å². The van der Waals surface area contributed by atoms with E-state index in [4.69, 9.17) is 9.47 Å². The van der Waals surface area contributed by atoms with Crippen LogP contribution in [0, 0.1) is 5.41 Å². The number of methoxy groups -OCH3 is 1. The second-order valence-electron chi connectivity index (χ2n) is 4.83. The van der Waals surface area contributed by atoms with Crippen LogP contribution in [0.25, 0.3) is 0 Å². The fourth-order valence-corrected chi connectivity index (χ4v) is 3.00. The molecule has 2 fully saturated rings. The molecule has 0 aromatic heterocycles. The molecule has 0 N–H and O–H groups in total. The number of hydrogen-bond donors (Lipinski definition) is 0. The normalized spacial score (nSPS) is 34.7. The summed E-state index contributed by atoms with van der Waals surface area (Å²) in [7, 11) is 1.76. The maximum absolute atomic E-state index is 5.63. The molecular weight excluding hydrogens is 176 g/mol. The van der Waals surface area contributed by atoms with E-state index in [9.17, 15) is 0 Å². The molecule has 1 aliphatic heterocycles. The lowest BCUT2D eigenvalue weighted by Crippen LogP contribution is -2.25. The van der Waals surface area contributed by atoms with E-state index in [-0.39, 0.29) is 6.29 Å². The van der Waals surface area contributed by atoms with Crippen molar-refractivity contribution in [1.82, 2.24) is 0 Å². The second kappa shape index (κ2) is 4.19. The van der Waals surface area contributed by atoms with Crippen molar-refractivity contribution in [3.8, 4) is 0 Å². The first-order valence-corrected chi connectivity index (χ1v) is 6.01. The Kier molecular flexibility index (Phi) is 3.13. The lowest BCUT2D eigenvalue weighted by atomic mass is 9.78. The van der Waals surface area contributed by atoms with E-state index < -0.39 is 0 Å². The van der Waals surface area contributed by atoms with Crippen LogP contribution >= 0.6 is 0 Å². The van der Waals surface area contributed by atoms with Crippen LogP contribution in [0.4, 0.5) is 0 Å². The van der Waals surface area contributed by atoms with Gasteiger partial charge in [0.1, 0.15) is 6.10 Å². The number of hydrogen-bond acceptors (Lipinski definition) is 2. The van der Waals surface area contributed by atoms with Gasteiger partial charge in [-0.15, -0.1) is 0 Å². The summed E-state index contributed by atoms with van der Waals surface area (Å²) in [5.74, 6) is 0. The molecule has 1 saturated heterocycles. The van der Waals surface area contributed by atoms with Crippen LogP contribution in [0.2, 0.25) is 0 Å². The van der Waals surface area contributed by atoms with Crippen molar-refractivity contribution >= 4 is 0 Å². The Labute approximate surface area is 87.0 Å². The van der Waals surface area contributed by atoms with E-state index in [2.05, 4.69) is 6.92 Å². The van der Waals surface area contributed by atoms with Gasteiger partial charge in [0, 0.05) is 12.5 Å². The van der Waals surface area contributed by atoms with Crippen LogP contribution < -0.4 is 0 Å². The molecule has 1 heterocycles. The topological polar surface area (TPSA) is 21.8 Å². The van der Waals surface area contributed by atoms with Crippen LogP contribution in [0.3, 0.4) is 0 Å². The Morgan fingerprint density at radius 1 is 1.36 bits per heavy atom. The lowest BCUT2D eigenvalue weighted by molar-refractivity contribution is 0.0949. The molecule has 0 aromatic carbocycles. The average Bonchev–Trinajstić information content (AvgIpc) is 2.88. The van der Waals surface area contributed by atoms with Crippen LogP contribution in [-0.2, 0) is 9.47 Å². The van der Waals surface area contributed by atoms with Crippen molar-refractivity contribution in [3.05, 3.63) is 0 Å². The highest BCUT2D eigenvalue weighted by molar-refractivity contribution is 4.99. The smallest absolute Gasteiger partial charge is 0.184 e. The zero-order chi connectivity index (χ0) is 10.0. The molecule has 1 aliphatic carbocycles. The van der Waals surface area contributed by atoms with Gasteiger partial charge in [-0.25, -0.2) is 0 Å². The summed E-state index contributed by atoms with van der Waals surface area (Å²) < 4.78 is 10.9. The van der Waals surface area contributed by atoms with Crippen LogP contribution in [0.15, 0.2) is 0 Å². The summed E-state index contributed by atoms with van der Waals surface area (Å²) in [5.41, 5.74) is 0.483. The van der Waals surface area contributed by atoms with Gasteiger partial charge in [0.15, 0.2) is 6.29 Å². The van der Waals surface area contributed by atoms with E-state index in [1.807, 2.05) is 0 Å². The highest BCUT2D eigenvalue weighted by Crippen LogP contribution is 2.53. The third-order valence-electron chi connectivity index (χ3n) is 3.91. The molecule has 0 bridgehead atoms. The molecule has 2 unspecified atom stereocenters. The summed E-state index contributed by atoms with van der Waals surface area (Å²) in [4.78, 5) is 0. The van der Waals surface area contributed by atoms with Crippen molar-refractivity contribution in [1.29, 1.82) is 0 Å². The number of unbranched alkanes of at least 4 members (excludes halogenated alkanes) is 1. The van der Waals surface area contributed by atoms with Crippen LogP contribution in [0.5, 0.6) is 0 Å². The quantitative estimate of drug-likeness (QED) is 0.633. The maximum Gasteiger partial charge on any atom is 0.184 e. The molecule has 0 radical (unpaired) electrons. The molecule has 2 atom stereocenters. The number of ether oxygens (including phenoxy) is 2. The monoisotopic (exact) mass is 198 g/mol. The van der Waals surface area contributed by atoms with E-state index in [0.29, 0.717) is 11.5 Å². The van der Waals surface area contributed by atoms with Crippen molar-refractivity contribution in [2.75, 3.05) is 7.11 Å². The number of rotatable bonds is 5. The predicted molar refractivity (Wildman–Crippen MR) is 56.1 cm³/mol. The fraction of sp³-hybridized carbons (Fsp3) is 1.00. The van der Waals surface area contributed by atoms with Gasteiger partial charge in [-0.1, -0.05) is 32.6 Å². The van der Waals surface area contributed by atoms with Crippen molar-refractivity contribution in [3.63, 3.8) is 0 Å². The average molecular weight is 198 g/mol. The molecule has 14 heavy (non-hydrogen) atoms. The summed E-state index contributed by atoms with van der Waals surface area (Å²) >= 11 is 0. The minimum atomic E-state index is 0.116. The van der Waals surface area contributed by atoms with Gasteiger partial charge in [0.05, 0.1) is 0 Å². The van der Waals surface area contributed by atoms with Gasteiger partial charge < -0.3 is 9.47 Å². The molecule has 0 aromatic rings. The molecule has 2 nitrogen and oxygen atoms in total. The number of epoxide rings is 1. The SMILES string of the molecule is CCCCC1(C2OC2OC)CCCC1. The van der Waals surface area contributed by atoms with Gasteiger partial charge in [-0.3, -0.25) is 0 Å². The van der Waals surface area contributed by atoms with E-state index in [1.165, 1.54) is 44.9 Å².